The summed E-state index contributed by atoms with van der Waals surface area (Å²) in [5.74, 6) is -1.72. The molecule has 7 nitrogen and oxygen atoms in total. The summed E-state index contributed by atoms with van der Waals surface area (Å²) in [6.45, 7) is 0. The van der Waals surface area contributed by atoms with Crippen LogP contribution in [0.15, 0.2) is 59.4 Å². The minimum Gasteiger partial charge on any atom is -0.481 e. The maximum atomic E-state index is 12.6. The van der Waals surface area contributed by atoms with Gasteiger partial charge >= 0.3 is 5.97 Å². The largest absolute Gasteiger partial charge is 0.481 e. The highest BCUT2D eigenvalue weighted by Crippen LogP contribution is 2.21. The fraction of sp³-hybridized carbons (Fsp3) is 0.105. The number of nitrogens with zero attached hydrogens (tertiary/aromatic N) is 1. The summed E-state index contributed by atoms with van der Waals surface area (Å²) < 4.78 is 1.14. The number of hydrogen-bond acceptors (Lipinski definition) is 3. The molecule has 0 saturated carbocycles. The van der Waals surface area contributed by atoms with Crippen LogP contribution >= 0.6 is 23.2 Å². The molecule has 3 N–H and O–H groups in total. The summed E-state index contributed by atoms with van der Waals surface area (Å²) >= 11 is 12.1. The predicted molar refractivity (Wildman–Crippen MR) is 105 cm³/mol. The van der Waals surface area contributed by atoms with Gasteiger partial charge in [0.25, 0.3) is 11.5 Å². The number of amides is 1. The van der Waals surface area contributed by atoms with Gasteiger partial charge in [-0.3, -0.25) is 19.5 Å². The normalized spacial score (nSPS) is 11.8. The Morgan fingerprint density at radius 3 is 2.54 bits per heavy atom. The lowest BCUT2D eigenvalue weighted by atomic mass is 10.0. The number of aromatic amines is 1. The number of aliphatic carboxylic acids is 1. The number of rotatable bonds is 6. The quantitative estimate of drug-likeness (QED) is 0.569. The minimum absolute atomic E-state index is 0.0256. The lowest BCUT2D eigenvalue weighted by molar-refractivity contribution is -0.137. The number of carbonyl (C=O) groups excluding carboxylic acids is 1. The smallest absolute Gasteiger partial charge is 0.305 e. The van der Waals surface area contributed by atoms with Crippen molar-refractivity contribution in [2.45, 2.75) is 12.5 Å². The van der Waals surface area contributed by atoms with Gasteiger partial charge in [-0.05, 0) is 29.8 Å². The average molecular weight is 420 g/mol. The van der Waals surface area contributed by atoms with Gasteiger partial charge in [0.05, 0.1) is 23.2 Å². The molecule has 0 spiro atoms. The molecule has 0 aliphatic heterocycles. The molecule has 0 fully saturated rings. The van der Waals surface area contributed by atoms with E-state index in [1.165, 1.54) is 0 Å². The van der Waals surface area contributed by atoms with Gasteiger partial charge < -0.3 is 10.4 Å². The first kappa shape index (κ1) is 19.7. The van der Waals surface area contributed by atoms with Gasteiger partial charge in [0.2, 0.25) is 0 Å². The standard InChI is InChI=1S/C19H15Cl2N3O4/c20-12-5-3-4-11(8-12)14(10-18(26)27)22-19(28)15-9-17(25)24(23-15)16-7-2-1-6-13(16)21/h1-9,14,23H,10H2,(H,22,28)(H,26,27). The van der Waals surface area contributed by atoms with Crippen LogP contribution in [0.25, 0.3) is 5.69 Å². The van der Waals surface area contributed by atoms with Gasteiger partial charge in [0.1, 0.15) is 5.69 Å². The highest BCUT2D eigenvalue weighted by molar-refractivity contribution is 6.32. The van der Waals surface area contributed by atoms with Crippen molar-refractivity contribution in [2.24, 2.45) is 0 Å². The van der Waals surface area contributed by atoms with Gasteiger partial charge in [-0.1, -0.05) is 47.5 Å². The van der Waals surface area contributed by atoms with Crippen LogP contribution < -0.4 is 10.9 Å². The van der Waals surface area contributed by atoms with Gasteiger partial charge in [0.15, 0.2) is 0 Å². The molecule has 144 valence electrons. The summed E-state index contributed by atoms with van der Waals surface area (Å²) in [5, 5.41) is 15.2. The molecule has 28 heavy (non-hydrogen) atoms. The monoisotopic (exact) mass is 419 g/mol. The second kappa shape index (κ2) is 8.33. The first-order valence-corrected chi connectivity index (χ1v) is 8.96. The van der Waals surface area contributed by atoms with Crippen molar-refractivity contribution in [2.75, 3.05) is 0 Å². The topological polar surface area (TPSA) is 104 Å². The van der Waals surface area contributed by atoms with E-state index in [9.17, 15) is 14.4 Å². The molecule has 9 heteroatoms. The molecule has 1 heterocycles. The van der Waals surface area contributed by atoms with E-state index in [-0.39, 0.29) is 12.1 Å². The van der Waals surface area contributed by atoms with Crippen LogP contribution in [-0.2, 0) is 4.79 Å². The zero-order valence-electron chi connectivity index (χ0n) is 14.4. The van der Waals surface area contributed by atoms with Crippen molar-refractivity contribution in [1.29, 1.82) is 0 Å². The maximum absolute atomic E-state index is 12.6. The number of para-hydroxylation sites is 1. The van der Waals surface area contributed by atoms with E-state index in [2.05, 4.69) is 10.4 Å². The predicted octanol–water partition coefficient (Wildman–Crippen LogP) is 3.42. The molecule has 2 aromatic carbocycles. The molecule has 1 atom stereocenters. The zero-order chi connectivity index (χ0) is 20.3. The van der Waals surface area contributed by atoms with Crippen LogP contribution in [0.3, 0.4) is 0 Å². The Bertz CT molecular complexity index is 1090. The second-order valence-electron chi connectivity index (χ2n) is 5.97. The van der Waals surface area contributed by atoms with Crippen molar-refractivity contribution < 1.29 is 14.7 Å². The van der Waals surface area contributed by atoms with Crippen LogP contribution in [0.4, 0.5) is 0 Å². The van der Waals surface area contributed by atoms with Crippen molar-refractivity contribution in [3.8, 4) is 5.69 Å². The van der Waals surface area contributed by atoms with Gasteiger partial charge in [-0.25, -0.2) is 4.68 Å². The lowest BCUT2D eigenvalue weighted by Gasteiger charge is -2.17. The van der Waals surface area contributed by atoms with Crippen molar-refractivity contribution in [1.82, 2.24) is 15.1 Å². The Morgan fingerprint density at radius 1 is 1.11 bits per heavy atom. The van der Waals surface area contributed by atoms with Crippen molar-refractivity contribution in [3.63, 3.8) is 0 Å². The number of H-pyrrole nitrogens is 1. The number of carboxylic acid groups (broad SMARTS) is 1. The Labute approximate surface area is 169 Å². The van der Waals surface area contributed by atoms with E-state index in [0.29, 0.717) is 21.3 Å². The molecule has 3 aromatic rings. The Kier molecular flexibility index (Phi) is 5.87. The summed E-state index contributed by atoms with van der Waals surface area (Å²) in [6, 6.07) is 13.5. The molecule has 0 aliphatic carbocycles. The van der Waals surface area contributed by atoms with Crippen LogP contribution in [-0.4, -0.2) is 26.8 Å². The third-order valence-electron chi connectivity index (χ3n) is 3.99. The van der Waals surface area contributed by atoms with Gasteiger partial charge in [0, 0.05) is 11.1 Å². The first-order valence-electron chi connectivity index (χ1n) is 8.20. The van der Waals surface area contributed by atoms with E-state index in [0.717, 1.165) is 10.7 Å². The fourth-order valence-corrected chi connectivity index (χ4v) is 3.13. The van der Waals surface area contributed by atoms with Crippen molar-refractivity contribution in [3.05, 3.63) is 86.3 Å². The third-order valence-corrected chi connectivity index (χ3v) is 4.55. The molecular formula is C19H15Cl2N3O4. The fourth-order valence-electron chi connectivity index (χ4n) is 2.71. The van der Waals surface area contributed by atoms with E-state index >= 15 is 0 Å². The molecule has 0 bridgehead atoms. The van der Waals surface area contributed by atoms with Crippen molar-refractivity contribution >= 4 is 35.1 Å². The lowest BCUT2D eigenvalue weighted by Crippen LogP contribution is -2.30. The number of halogens is 2. The molecule has 1 amide bonds. The van der Waals surface area contributed by atoms with E-state index in [1.54, 1.807) is 48.5 Å². The Balaban J connectivity index is 1.89. The highest BCUT2D eigenvalue weighted by Gasteiger charge is 2.21. The van der Waals surface area contributed by atoms with E-state index in [1.807, 2.05) is 0 Å². The Morgan fingerprint density at radius 2 is 1.86 bits per heavy atom. The molecule has 3 rings (SSSR count). The molecule has 0 saturated heterocycles. The summed E-state index contributed by atoms with van der Waals surface area (Å²) in [4.78, 5) is 36.1. The first-order chi connectivity index (χ1) is 13.3. The summed E-state index contributed by atoms with van der Waals surface area (Å²) in [6.07, 6.45) is -0.346. The molecule has 1 aromatic heterocycles. The average Bonchev–Trinajstić information content (AvgIpc) is 3.03. The minimum atomic E-state index is -1.09. The third kappa shape index (κ3) is 4.44. The molecule has 0 radical (unpaired) electrons. The van der Waals surface area contributed by atoms with Crippen LogP contribution in [0.5, 0.6) is 0 Å². The maximum Gasteiger partial charge on any atom is 0.305 e. The number of aromatic nitrogens is 2. The number of hydrogen-bond donors (Lipinski definition) is 3. The molecular weight excluding hydrogens is 405 g/mol. The second-order valence-corrected chi connectivity index (χ2v) is 6.82. The van der Waals surface area contributed by atoms with E-state index in [4.69, 9.17) is 28.3 Å². The molecule has 0 aliphatic rings. The van der Waals surface area contributed by atoms with Crippen LogP contribution in [0.2, 0.25) is 10.0 Å². The SMILES string of the molecule is O=C(O)CC(NC(=O)c1cc(=O)n(-c2ccccc2Cl)[nH]1)c1cccc(Cl)c1. The van der Waals surface area contributed by atoms with E-state index < -0.39 is 23.5 Å². The van der Waals surface area contributed by atoms with Crippen LogP contribution in [0.1, 0.15) is 28.5 Å². The zero-order valence-corrected chi connectivity index (χ0v) is 15.9. The summed E-state index contributed by atoms with van der Waals surface area (Å²) in [7, 11) is 0. The van der Waals surface area contributed by atoms with Crippen LogP contribution in [0, 0.1) is 0 Å². The number of benzene rings is 2. The number of carbonyl (C=O) groups is 2. The van der Waals surface area contributed by atoms with Gasteiger partial charge in [-0.15, -0.1) is 0 Å². The Hall–Kier alpha value is -3.03. The highest BCUT2D eigenvalue weighted by atomic mass is 35.5. The van der Waals surface area contributed by atoms with Gasteiger partial charge in [-0.2, -0.15) is 0 Å². The number of nitrogens with one attached hydrogen (secondary N) is 2. The number of carboxylic acids is 1. The molecule has 1 unspecified atom stereocenters. The summed E-state index contributed by atoms with van der Waals surface area (Å²) in [5.41, 5.74) is 0.430.